The predicted octanol–water partition coefficient (Wildman–Crippen LogP) is 2.34. The number of sulfonamides is 1. The summed E-state index contributed by atoms with van der Waals surface area (Å²) in [5.74, 6) is 0.0657. The zero-order chi connectivity index (χ0) is 14.0. The van der Waals surface area contributed by atoms with Crippen molar-refractivity contribution in [3.63, 3.8) is 0 Å². The fourth-order valence-corrected chi connectivity index (χ4v) is 4.00. The largest absolute Gasteiger partial charge is 0.300 e. The lowest BCUT2D eigenvalue weighted by molar-refractivity contribution is -0.117. The van der Waals surface area contributed by atoms with E-state index in [4.69, 9.17) is 0 Å². The lowest BCUT2D eigenvalue weighted by Crippen LogP contribution is -2.48. The van der Waals surface area contributed by atoms with Crippen LogP contribution in [0.25, 0.3) is 0 Å². The van der Waals surface area contributed by atoms with E-state index in [-0.39, 0.29) is 11.8 Å². The summed E-state index contributed by atoms with van der Waals surface area (Å²) in [7, 11) is -3.34. The van der Waals surface area contributed by atoms with E-state index in [9.17, 15) is 13.2 Å². The molecule has 0 radical (unpaired) electrons. The minimum atomic E-state index is -3.34. The molecule has 0 N–H and O–H groups in total. The van der Waals surface area contributed by atoms with Crippen LogP contribution in [0.2, 0.25) is 0 Å². The van der Waals surface area contributed by atoms with Gasteiger partial charge in [-0.25, -0.2) is 8.42 Å². The lowest BCUT2D eigenvalue weighted by Gasteiger charge is -2.34. The molecule has 1 unspecified atom stereocenters. The van der Waals surface area contributed by atoms with Gasteiger partial charge in [0, 0.05) is 19.0 Å². The quantitative estimate of drug-likeness (QED) is 0.794. The molecule has 0 aromatic carbocycles. The summed E-state index contributed by atoms with van der Waals surface area (Å²) >= 11 is 0. The third-order valence-corrected chi connectivity index (χ3v) is 6.07. The Morgan fingerprint density at radius 2 is 1.83 bits per heavy atom. The average molecular weight is 275 g/mol. The highest BCUT2D eigenvalue weighted by Gasteiger charge is 2.39. The maximum atomic E-state index is 12.6. The molecule has 1 atom stereocenters. The zero-order valence-corrected chi connectivity index (χ0v) is 12.7. The van der Waals surface area contributed by atoms with Crippen molar-refractivity contribution < 1.29 is 13.2 Å². The molecule has 0 amide bonds. The van der Waals surface area contributed by atoms with Gasteiger partial charge in [-0.2, -0.15) is 4.31 Å². The fourth-order valence-electron chi connectivity index (χ4n) is 2.35. The molecule has 0 aromatic heterocycles. The van der Waals surface area contributed by atoms with E-state index in [2.05, 4.69) is 0 Å². The van der Waals surface area contributed by atoms with Crippen molar-refractivity contribution >= 4 is 15.8 Å². The maximum absolute atomic E-state index is 12.6. The molecule has 18 heavy (non-hydrogen) atoms. The van der Waals surface area contributed by atoms with Crippen molar-refractivity contribution in [2.45, 2.75) is 70.6 Å². The molecule has 0 aromatic rings. The van der Waals surface area contributed by atoms with E-state index >= 15 is 0 Å². The van der Waals surface area contributed by atoms with Crippen LogP contribution in [-0.2, 0) is 14.8 Å². The Morgan fingerprint density at radius 1 is 1.22 bits per heavy atom. The summed E-state index contributed by atoms with van der Waals surface area (Å²) in [6.45, 7) is 7.25. The number of hydrogen-bond donors (Lipinski definition) is 0. The van der Waals surface area contributed by atoms with Gasteiger partial charge in [0.25, 0.3) is 0 Å². The molecule has 1 saturated heterocycles. The van der Waals surface area contributed by atoms with Gasteiger partial charge >= 0.3 is 0 Å². The minimum Gasteiger partial charge on any atom is -0.300 e. The number of rotatable bonds is 3. The van der Waals surface area contributed by atoms with Crippen LogP contribution in [0.15, 0.2) is 0 Å². The number of hydrogen-bond acceptors (Lipinski definition) is 3. The number of carbonyl (C=O) groups is 1. The first-order chi connectivity index (χ1) is 8.16. The first-order valence-electron chi connectivity index (χ1n) is 6.67. The van der Waals surface area contributed by atoms with Crippen molar-refractivity contribution in [3.05, 3.63) is 0 Å². The van der Waals surface area contributed by atoms with E-state index < -0.39 is 14.8 Å². The second-order valence-electron chi connectivity index (χ2n) is 6.14. The first kappa shape index (κ1) is 15.6. The minimum absolute atomic E-state index is 0.0657. The SMILES string of the molecule is CC(=O)CC1CCCCCN1S(=O)(=O)C(C)(C)C. The van der Waals surface area contributed by atoms with Crippen molar-refractivity contribution in [1.82, 2.24) is 4.31 Å². The Labute approximate surface area is 111 Å². The van der Waals surface area contributed by atoms with Crippen LogP contribution < -0.4 is 0 Å². The standard InChI is InChI=1S/C13H25NO3S/c1-11(15)10-12-8-6-5-7-9-14(12)18(16,17)13(2,3)4/h12H,5-10H2,1-4H3. The molecule has 1 aliphatic rings. The molecular weight excluding hydrogens is 250 g/mol. The van der Waals surface area contributed by atoms with Crippen LogP contribution in [0, 0.1) is 0 Å². The molecule has 0 spiro atoms. The van der Waals surface area contributed by atoms with Crippen molar-refractivity contribution in [1.29, 1.82) is 0 Å². The van der Waals surface area contributed by atoms with Crippen LogP contribution >= 0.6 is 0 Å². The summed E-state index contributed by atoms with van der Waals surface area (Å²) in [6, 6.07) is -0.144. The fraction of sp³-hybridized carbons (Fsp3) is 0.923. The zero-order valence-electron chi connectivity index (χ0n) is 11.9. The molecule has 1 aliphatic heterocycles. The van der Waals surface area contributed by atoms with Crippen molar-refractivity contribution in [3.8, 4) is 0 Å². The maximum Gasteiger partial charge on any atom is 0.219 e. The molecule has 0 bridgehead atoms. The highest BCUT2D eigenvalue weighted by atomic mass is 32.2. The van der Waals surface area contributed by atoms with Gasteiger partial charge < -0.3 is 0 Å². The van der Waals surface area contributed by atoms with Gasteiger partial charge in [0.15, 0.2) is 0 Å². The van der Waals surface area contributed by atoms with Gasteiger partial charge in [-0.3, -0.25) is 4.79 Å². The molecule has 5 heteroatoms. The van der Waals surface area contributed by atoms with Crippen molar-refractivity contribution in [2.75, 3.05) is 6.54 Å². The van der Waals surface area contributed by atoms with E-state index in [0.29, 0.717) is 13.0 Å². The van der Waals surface area contributed by atoms with Crippen LogP contribution in [0.5, 0.6) is 0 Å². The molecule has 1 heterocycles. The summed E-state index contributed by atoms with van der Waals surface area (Å²) in [5, 5.41) is 0. The lowest BCUT2D eigenvalue weighted by atomic mass is 10.1. The smallest absolute Gasteiger partial charge is 0.219 e. The average Bonchev–Trinajstić information content (AvgIpc) is 2.40. The molecule has 106 valence electrons. The highest BCUT2D eigenvalue weighted by Crippen LogP contribution is 2.28. The second-order valence-corrected chi connectivity index (χ2v) is 8.78. The van der Waals surface area contributed by atoms with Crippen LogP contribution in [0.1, 0.15) is 59.8 Å². The summed E-state index contributed by atoms with van der Waals surface area (Å²) in [5.41, 5.74) is 0. The second kappa shape index (κ2) is 5.70. The van der Waals surface area contributed by atoms with Gasteiger partial charge in [0.1, 0.15) is 5.78 Å². The van der Waals surface area contributed by atoms with E-state index in [1.54, 1.807) is 25.1 Å². The third-order valence-electron chi connectivity index (χ3n) is 3.43. The summed E-state index contributed by atoms with van der Waals surface area (Å²) in [4.78, 5) is 11.3. The van der Waals surface area contributed by atoms with Crippen molar-refractivity contribution in [2.24, 2.45) is 0 Å². The molecule has 0 saturated carbocycles. The molecule has 1 fully saturated rings. The van der Waals surface area contributed by atoms with E-state index in [1.165, 1.54) is 6.92 Å². The van der Waals surface area contributed by atoms with Gasteiger partial charge in [-0.1, -0.05) is 12.8 Å². The van der Waals surface area contributed by atoms with E-state index in [0.717, 1.165) is 25.7 Å². The monoisotopic (exact) mass is 275 g/mol. The Balaban J connectivity index is 3.03. The van der Waals surface area contributed by atoms with Gasteiger partial charge in [-0.05, 0) is 40.5 Å². The van der Waals surface area contributed by atoms with Gasteiger partial charge in [0.2, 0.25) is 10.0 Å². The Hall–Kier alpha value is -0.420. The first-order valence-corrected chi connectivity index (χ1v) is 8.11. The number of carbonyl (C=O) groups excluding carboxylic acids is 1. The molecule has 4 nitrogen and oxygen atoms in total. The predicted molar refractivity (Wildman–Crippen MR) is 72.9 cm³/mol. The molecule has 1 rings (SSSR count). The Morgan fingerprint density at radius 3 is 2.33 bits per heavy atom. The van der Waals surface area contributed by atoms with Crippen LogP contribution in [0.4, 0.5) is 0 Å². The Bertz CT molecular complexity index is 395. The number of ketones is 1. The summed E-state index contributed by atoms with van der Waals surface area (Å²) in [6.07, 6.45) is 4.09. The Kier molecular flexibility index (Phi) is 4.95. The highest BCUT2D eigenvalue weighted by molar-refractivity contribution is 7.90. The van der Waals surface area contributed by atoms with Crippen LogP contribution in [0.3, 0.4) is 0 Å². The van der Waals surface area contributed by atoms with E-state index in [1.807, 2.05) is 0 Å². The molecular formula is C13H25NO3S. The number of nitrogens with zero attached hydrogens (tertiary/aromatic N) is 1. The van der Waals surface area contributed by atoms with Crippen LogP contribution in [-0.4, -0.2) is 35.8 Å². The number of Topliss-reactive ketones (excluding diaryl/α,β-unsaturated/α-hetero) is 1. The third kappa shape index (κ3) is 3.54. The molecule has 0 aliphatic carbocycles. The summed E-state index contributed by atoms with van der Waals surface area (Å²) < 4.78 is 25.9. The van der Waals surface area contributed by atoms with Gasteiger partial charge in [-0.15, -0.1) is 0 Å². The topological polar surface area (TPSA) is 54.5 Å². The van der Waals surface area contributed by atoms with Gasteiger partial charge in [0.05, 0.1) is 4.75 Å². The normalized spacial score (nSPS) is 23.7.